The number of amides is 1. The Hall–Kier alpha value is -2.93. The normalized spacial score (nSPS) is 13.6. The van der Waals surface area contributed by atoms with Crippen LogP contribution in [0.3, 0.4) is 0 Å². The largest absolute Gasteiger partial charge is 0.309 e. The van der Waals surface area contributed by atoms with Crippen LogP contribution in [0.4, 0.5) is 0 Å². The lowest BCUT2D eigenvalue weighted by Crippen LogP contribution is -2.25. The lowest BCUT2D eigenvalue weighted by atomic mass is 10.1. The minimum atomic E-state index is -0.0106. The van der Waals surface area contributed by atoms with Gasteiger partial charge in [0.05, 0.1) is 18.0 Å². The van der Waals surface area contributed by atoms with Crippen LogP contribution in [0.1, 0.15) is 23.4 Å². The second-order valence-corrected chi connectivity index (χ2v) is 7.53. The van der Waals surface area contributed by atoms with E-state index >= 15 is 0 Å². The quantitative estimate of drug-likeness (QED) is 0.606. The Morgan fingerprint density at radius 3 is 2.50 bits per heavy atom. The summed E-state index contributed by atoms with van der Waals surface area (Å²) in [4.78, 5) is 12.5. The van der Waals surface area contributed by atoms with Gasteiger partial charge in [0.2, 0.25) is 0 Å². The number of aromatic nitrogens is 3. The molecular weight excluding hydrogens is 370 g/mol. The summed E-state index contributed by atoms with van der Waals surface area (Å²) in [6.45, 7) is 0.627. The van der Waals surface area contributed by atoms with Gasteiger partial charge in [-0.15, -0.1) is 10.2 Å². The average molecular weight is 392 g/mol. The zero-order chi connectivity index (χ0) is 19.3. The maximum absolute atomic E-state index is 12.5. The topological polar surface area (TPSA) is 63.4 Å². The molecule has 0 N–H and O–H groups in total. The third-order valence-electron chi connectivity index (χ3n) is 4.65. The second kappa shape index (κ2) is 8.39. The molecule has 4 rings (SSSR count). The molecule has 28 heavy (non-hydrogen) atoms. The maximum atomic E-state index is 12.5. The number of thioether (sulfide) groups is 1. The molecular formula is C21H21N5OS. The minimum absolute atomic E-state index is 0.0106. The molecule has 0 atom stereocenters. The van der Waals surface area contributed by atoms with Gasteiger partial charge < -0.3 is 4.57 Å². The molecule has 0 radical (unpaired) electrons. The summed E-state index contributed by atoms with van der Waals surface area (Å²) in [7, 11) is 1.94. The fraction of sp³-hybridized carbons (Fsp3) is 0.238. The number of carbonyl (C=O) groups excluding carboxylic acids is 1. The van der Waals surface area contributed by atoms with Crippen molar-refractivity contribution in [3.63, 3.8) is 0 Å². The van der Waals surface area contributed by atoms with Gasteiger partial charge in [-0.3, -0.25) is 4.79 Å². The monoisotopic (exact) mass is 391 g/mol. The van der Waals surface area contributed by atoms with Gasteiger partial charge in [0.15, 0.2) is 5.16 Å². The molecule has 142 valence electrons. The number of hydrogen-bond acceptors (Lipinski definition) is 5. The molecule has 7 heteroatoms. The lowest BCUT2D eigenvalue weighted by molar-refractivity contribution is -0.127. The summed E-state index contributed by atoms with van der Waals surface area (Å²) in [5.41, 5.74) is 3.22. The smallest absolute Gasteiger partial charge is 0.253 e. The van der Waals surface area contributed by atoms with Gasteiger partial charge in [-0.25, -0.2) is 5.01 Å². The van der Waals surface area contributed by atoms with Crippen molar-refractivity contribution in [3.05, 3.63) is 77.6 Å². The SMILES string of the molecule is Cn1c(Cc2ccccc2)nnc1SCC(=O)N1CCC(c2ccccc2)=N1. The first kappa shape index (κ1) is 18.4. The molecule has 2 heterocycles. The number of rotatable bonds is 6. The van der Waals surface area contributed by atoms with E-state index in [2.05, 4.69) is 27.4 Å². The maximum Gasteiger partial charge on any atom is 0.253 e. The van der Waals surface area contributed by atoms with Gasteiger partial charge in [0, 0.05) is 19.9 Å². The van der Waals surface area contributed by atoms with E-state index in [9.17, 15) is 4.79 Å². The van der Waals surface area contributed by atoms with Gasteiger partial charge in [-0.05, 0) is 11.1 Å². The van der Waals surface area contributed by atoms with Crippen molar-refractivity contribution in [2.24, 2.45) is 12.1 Å². The Morgan fingerprint density at radius 1 is 1.04 bits per heavy atom. The second-order valence-electron chi connectivity index (χ2n) is 6.59. The van der Waals surface area contributed by atoms with Crippen molar-refractivity contribution in [3.8, 4) is 0 Å². The molecule has 1 aliphatic heterocycles. The van der Waals surface area contributed by atoms with Crippen molar-refractivity contribution in [1.29, 1.82) is 0 Å². The van der Waals surface area contributed by atoms with Crippen molar-refractivity contribution in [1.82, 2.24) is 19.8 Å². The van der Waals surface area contributed by atoms with Crippen molar-refractivity contribution >= 4 is 23.4 Å². The van der Waals surface area contributed by atoms with Crippen LogP contribution in [0.5, 0.6) is 0 Å². The summed E-state index contributed by atoms with van der Waals surface area (Å²) in [6, 6.07) is 20.2. The summed E-state index contributed by atoms with van der Waals surface area (Å²) < 4.78 is 1.95. The molecule has 0 saturated heterocycles. The molecule has 0 saturated carbocycles. The van der Waals surface area contributed by atoms with Gasteiger partial charge in [-0.2, -0.15) is 5.10 Å². The highest BCUT2D eigenvalue weighted by Crippen LogP contribution is 2.20. The molecule has 1 aromatic heterocycles. The summed E-state index contributed by atoms with van der Waals surface area (Å²) in [6.07, 6.45) is 1.50. The number of benzene rings is 2. The van der Waals surface area contributed by atoms with E-state index < -0.39 is 0 Å². The molecule has 0 aliphatic carbocycles. The van der Waals surface area contributed by atoms with Crippen LogP contribution in [0.25, 0.3) is 0 Å². The van der Waals surface area contributed by atoms with Crippen molar-refractivity contribution < 1.29 is 4.79 Å². The first-order chi connectivity index (χ1) is 13.7. The number of hydrogen-bond donors (Lipinski definition) is 0. The minimum Gasteiger partial charge on any atom is -0.309 e. The Labute approximate surface area is 168 Å². The van der Waals surface area contributed by atoms with E-state index in [0.717, 1.165) is 35.1 Å². The average Bonchev–Trinajstić information content (AvgIpc) is 3.36. The van der Waals surface area contributed by atoms with Crippen LogP contribution in [0, 0.1) is 0 Å². The Morgan fingerprint density at radius 2 is 1.75 bits per heavy atom. The Bertz CT molecular complexity index is 985. The van der Waals surface area contributed by atoms with Crippen LogP contribution in [-0.2, 0) is 18.3 Å². The molecule has 0 fully saturated rings. The standard InChI is InChI=1S/C21H21N5OS/c1-25-19(14-16-8-4-2-5-9-16)22-23-21(25)28-15-20(27)26-13-12-18(24-26)17-10-6-3-7-11-17/h2-11H,12-15H2,1H3. The van der Waals surface area contributed by atoms with Crippen LogP contribution in [0.2, 0.25) is 0 Å². The zero-order valence-electron chi connectivity index (χ0n) is 15.7. The fourth-order valence-electron chi connectivity index (χ4n) is 3.07. The predicted octanol–water partition coefficient (Wildman–Crippen LogP) is 3.13. The van der Waals surface area contributed by atoms with E-state index in [-0.39, 0.29) is 5.91 Å². The van der Waals surface area contributed by atoms with E-state index in [1.807, 2.05) is 60.1 Å². The first-order valence-corrected chi connectivity index (χ1v) is 10.2. The van der Waals surface area contributed by atoms with Crippen LogP contribution in [0.15, 0.2) is 70.9 Å². The molecule has 1 amide bonds. The molecule has 1 aliphatic rings. The fourth-order valence-corrected chi connectivity index (χ4v) is 3.87. The van der Waals surface area contributed by atoms with Gasteiger partial charge in [0.1, 0.15) is 5.82 Å². The Balaban J connectivity index is 1.36. The highest BCUT2D eigenvalue weighted by atomic mass is 32.2. The van der Waals surface area contributed by atoms with E-state index in [1.165, 1.54) is 17.3 Å². The molecule has 2 aromatic carbocycles. The number of carbonyl (C=O) groups is 1. The molecule has 6 nitrogen and oxygen atoms in total. The third-order valence-corrected chi connectivity index (χ3v) is 5.66. The van der Waals surface area contributed by atoms with Crippen LogP contribution >= 0.6 is 11.8 Å². The van der Waals surface area contributed by atoms with Crippen LogP contribution < -0.4 is 0 Å². The zero-order valence-corrected chi connectivity index (χ0v) is 16.5. The molecule has 0 spiro atoms. The van der Waals surface area contributed by atoms with E-state index in [4.69, 9.17) is 0 Å². The van der Waals surface area contributed by atoms with E-state index in [0.29, 0.717) is 12.3 Å². The number of hydrazone groups is 1. The summed E-state index contributed by atoms with van der Waals surface area (Å²) in [5, 5.41) is 15.3. The molecule has 0 unspecified atom stereocenters. The first-order valence-electron chi connectivity index (χ1n) is 9.19. The number of nitrogens with zero attached hydrogens (tertiary/aromatic N) is 5. The molecule has 3 aromatic rings. The van der Waals surface area contributed by atoms with E-state index in [1.54, 1.807) is 5.01 Å². The Kier molecular flexibility index (Phi) is 5.53. The van der Waals surface area contributed by atoms with Gasteiger partial charge in [-0.1, -0.05) is 72.4 Å². The van der Waals surface area contributed by atoms with Gasteiger partial charge >= 0.3 is 0 Å². The van der Waals surface area contributed by atoms with Gasteiger partial charge in [0.25, 0.3) is 5.91 Å². The predicted molar refractivity (Wildman–Crippen MR) is 110 cm³/mol. The van der Waals surface area contributed by atoms with Crippen molar-refractivity contribution in [2.45, 2.75) is 18.0 Å². The lowest BCUT2D eigenvalue weighted by Gasteiger charge is -2.10. The highest BCUT2D eigenvalue weighted by molar-refractivity contribution is 7.99. The molecule has 0 bridgehead atoms. The highest BCUT2D eigenvalue weighted by Gasteiger charge is 2.22. The third kappa shape index (κ3) is 4.14. The summed E-state index contributed by atoms with van der Waals surface area (Å²) >= 11 is 1.40. The van der Waals surface area contributed by atoms with Crippen LogP contribution in [-0.4, -0.2) is 43.7 Å². The van der Waals surface area contributed by atoms with Crippen molar-refractivity contribution in [2.75, 3.05) is 12.3 Å². The summed E-state index contributed by atoms with van der Waals surface area (Å²) in [5.74, 6) is 1.17.